The lowest BCUT2D eigenvalue weighted by atomic mass is 10.0. The Morgan fingerprint density at radius 3 is 1.82 bits per heavy atom. The van der Waals surface area contributed by atoms with E-state index in [0.717, 1.165) is 0 Å². The number of nitrogens with two attached hydrogens (primary N) is 2. The smallest absolute Gasteiger partial charge is 0.326 e. The van der Waals surface area contributed by atoms with Gasteiger partial charge in [-0.2, -0.15) is 0 Å². The van der Waals surface area contributed by atoms with E-state index in [1.165, 1.54) is 31.2 Å². The number of carbonyl (C=O) groups excluding carboxylic acids is 4. The van der Waals surface area contributed by atoms with Crippen LogP contribution in [-0.2, 0) is 30.4 Å². The van der Waals surface area contributed by atoms with Gasteiger partial charge < -0.3 is 37.6 Å². The molecule has 0 aromatic heterocycles. The van der Waals surface area contributed by atoms with Crippen LogP contribution in [0.5, 0.6) is 5.75 Å². The molecule has 0 bridgehead atoms. The van der Waals surface area contributed by atoms with Crippen molar-refractivity contribution in [2.75, 3.05) is 0 Å². The Balaban J connectivity index is 3.16. The number of nitrogens with one attached hydrogen (secondary N) is 3. The first-order valence-electron chi connectivity index (χ1n) is 10.8. The number of aliphatic carboxylic acids is 1. The average molecular weight is 480 g/mol. The first-order chi connectivity index (χ1) is 15.8. The highest BCUT2D eigenvalue weighted by molar-refractivity contribution is 5.96. The van der Waals surface area contributed by atoms with E-state index in [1.54, 1.807) is 13.8 Å². The summed E-state index contributed by atoms with van der Waals surface area (Å²) >= 11 is 0. The zero-order chi connectivity index (χ0) is 26.0. The number of amides is 4. The van der Waals surface area contributed by atoms with Crippen molar-refractivity contribution in [1.82, 2.24) is 16.0 Å². The van der Waals surface area contributed by atoms with Gasteiger partial charge in [0.25, 0.3) is 0 Å². The van der Waals surface area contributed by atoms with Crippen LogP contribution in [0.3, 0.4) is 0 Å². The van der Waals surface area contributed by atoms with Crippen molar-refractivity contribution in [3.8, 4) is 5.75 Å². The molecular formula is C22H33N5O7. The lowest BCUT2D eigenvalue weighted by molar-refractivity contribution is -0.143. The van der Waals surface area contributed by atoms with Crippen LogP contribution in [0.2, 0.25) is 0 Å². The van der Waals surface area contributed by atoms with Crippen molar-refractivity contribution < 1.29 is 34.2 Å². The molecule has 0 aliphatic carbocycles. The van der Waals surface area contributed by atoms with Crippen LogP contribution in [0.4, 0.5) is 0 Å². The molecule has 0 fully saturated rings. The maximum Gasteiger partial charge on any atom is 0.326 e. The molecule has 4 unspecified atom stereocenters. The quantitative estimate of drug-likeness (QED) is 0.181. The summed E-state index contributed by atoms with van der Waals surface area (Å²) < 4.78 is 0. The Bertz CT molecular complexity index is 886. The molecule has 0 aliphatic heterocycles. The lowest BCUT2D eigenvalue weighted by Crippen LogP contribution is -2.58. The van der Waals surface area contributed by atoms with E-state index in [4.69, 9.17) is 11.5 Å². The molecule has 0 saturated carbocycles. The van der Waals surface area contributed by atoms with Crippen molar-refractivity contribution in [1.29, 1.82) is 0 Å². The molecule has 0 radical (unpaired) electrons. The van der Waals surface area contributed by atoms with Gasteiger partial charge >= 0.3 is 5.97 Å². The minimum atomic E-state index is -1.39. The molecule has 0 heterocycles. The highest BCUT2D eigenvalue weighted by Crippen LogP contribution is 2.12. The van der Waals surface area contributed by atoms with Crippen LogP contribution < -0.4 is 27.4 Å². The summed E-state index contributed by atoms with van der Waals surface area (Å²) in [6, 6.07) is 1.04. The van der Waals surface area contributed by atoms with E-state index in [0.29, 0.717) is 5.56 Å². The SMILES string of the molecule is CC(C)CC(NC(=O)C(Cc1ccc(O)cc1)NC(=O)C(CC(N)=O)NC(=O)C(C)N)C(=O)O. The third-order valence-electron chi connectivity index (χ3n) is 4.78. The van der Waals surface area contributed by atoms with Crippen molar-refractivity contribution in [3.05, 3.63) is 29.8 Å². The van der Waals surface area contributed by atoms with E-state index in [1.807, 2.05) is 0 Å². The van der Waals surface area contributed by atoms with E-state index in [9.17, 15) is 34.2 Å². The minimum Gasteiger partial charge on any atom is -0.508 e. The van der Waals surface area contributed by atoms with Crippen LogP contribution in [0.25, 0.3) is 0 Å². The van der Waals surface area contributed by atoms with Gasteiger partial charge in [-0.15, -0.1) is 0 Å². The molecule has 1 aromatic carbocycles. The number of carbonyl (C=O) groups is 5. The summed E-state index contributed by atoms with van der Waals surface area (Å²) in [6.07, 6.45) is -0.435. The summed E-state index contributed by atoms with van der Waals surface area (Å²) in [5.41, 5.74) is 11.2. The predicted molar refractivity (Wildman–Crippen MR) is 122 cm³/mol. The second-order valence-electron chi connectivity index (χ2n) is 8.48. The summed E-state index contributed by atoms with van der Waals surface area (Å²) in [6.45, 7) is 4.98. The molecule has 12 nitrogen and oxygen atoms in total. The fourth-order valence-electron chi connectivity index (χ4n) is 3.03. The van der Waals surface area contributed by atoms with Crippen molar-refractivity contribution >= 4 is 29.6 Å². The van der Waals surface area contributed by atoms with Crippen LogP contribution in [-0.4, -0.2) is 64.0 Å². The number of primary amides is 1. The van der Waals surface area contributed by atoms with E-state index < -0.39 is 60.2 Å². The summed E-state index contributed by atoms with van der Waals surface area (Å²) in [5.74, 6) is -4.48. The number of phenols is 1. The predicted octanol–water partition coefficient (Wildman–Crippen LogP) is -1.26. The second-order valence-corrected chi connectivity index (χ2v) is 8.48. The lowest BCUT2D eigenvalue weighted by Gasteiger charge is -2.25. The van der Waals surface area contributed by atoms with Crippen molar-refractivity contribution in [2.45, 2.75) is 64.2 Å². The number of hydrogen-bond acceptors (Lipinski definition) is 7. The average Bonchev–Trinajstić information content (AvgIpc) is 2.72. The Labute approximate surface area is 197 Å². The van der Waals surface area contributed by atoms with Crippen LogP contribution in [0.1, 0.15) is 39.2 Å². The molecule has 0 aliphatic rings. The number of benzene rings is 1. The zero-order valence-corrected chi connectivity index (χ0v) is 19.4. The second kappa shape index (κ2) is 13.1. The summed E-state index contributed by atoms with van der Waals surface area (Å²) in [5, 5.41) is 26.1. The molecule has 1 aromatic rings. The van der Waals surface area contributed by atoms with Gasteiger partial charge in [-0.05, 0) is 37.0 Å². The van der Waals surface area contributed by atoms with E-state index in [2.05, 4.69) is 16.0 Å². The number of rotatable bonds is 13. The van der Waals surface area contributed by atoms with Gasteiger partial charge in [-0.3, -0.25) is 19.2 Å². The normalized spacial score (nSPS) is 14.4. The Morgan fingerprint density at radius 2 is 1.35 bits per heavy atom. The molecule has 4 amide bonds. The molecule has 12 heteroatoms. The molecule has 1 rings (SSSR count). The van der Waals surface area contributed by atoms with Gasteiger partial charge in [0.15, 0.2) is 0 Å². The van der Waals surface area contributed by atoms with Gasteiger partial charge in [0, 0.05) is 6.42 Å². The molecular weight excluding hydrogens is 446 g/mol. The largest absolute Gasteiger partial charge is 0.508 e. The van der Waals surface area contributed by atoms with Crippen LogP contribution >= 0.6 is 0 Å². The monoisotopic (exact) mass is 479 g/mol. The van der Waals surface area contributed by atoms with Gasteiger partial charge in [0.2, 0.25) is 23.6 Å². The summed E-state index contributed by atoms with van der Waals surface area (Å²) in [7, 11) is 0. The Morgan fingerprint density at radius 1 is 0.853 bits per heavy atom. The van der Waals surface area contributed by atoms with E-state index >= 15 is 0 Å². The molecule has 0 saturated heterocycles. The third-order valence-corrected chi connectivity index (χ3v) is 4.78. The topological polar surface area (TPSA) is 214 Å². The van der Waals surface area contributed by atoms with Crippen molar-refractivity contribution in [3.63, 3.8) is 0 Å². The minimum absolute atomic E-state index is 0.00296. The first-order valence-corrected chi connectivity index (χ1v) is 10.8. The van der Waals surface area contributed by atoms with E-state index in [-0.39, 0.29) is 24.5 Å². The maximum absolute atomic E-state index is 13.0. The molecule has 34 heavy (non-hydrogen) atoms. The maximum atomic E-state index is 13.0. The van der Waals surface area contributed by atoms with Crippen LogP contribution in [0.15, 0.2) is 24.3 Å². The Kier molecular flexibility index (Phi) is 11.0. The Hall–Kier alpha value is -3.67. The van der Waals surface area contributed by atoms with Gasteiger partial charge in [0.05, 0.1) is 12.5 Å². The fraction of sp³-hybridized carbons (Fsp3) is 0.500. The fourth-order valence-corrected chi connectivity index (χ4v) is 3.03. The highest BCUT2D eigenvalue weighted by Gasteiger charge is 2.31. The first kappa shape index (κ1) is 28.4. The number of aromatic hydroxyl groups is 1. The third kappa shape index (κ3) is 9.86. The molecule has 9 N–H and O–H groups in total. The highest BCUT2D eigenvalue weighted by atomic mass is 16.4. The number of carboxylic acids is 1. The van der Waals surface area contributed by atoms with Gasteiger partial charge in [0.1, 0.15) is 23.9 Å². The van der Waals surface area contributed by atoms with Gasteiger partial charge in [-0.25, -0.2) is 4.79 Å². The molecule has 4 atom stereocenters. The standard InChI is InChI=1S/C22H33N5O7/c1-11(2)8-17(22(33)34)27-20(31)15(9-13-4-6-14(28)7-5-13)26-21(32)16(10-18(24)29)25-19(30)12(3)23/h4-7,11-12,15-17,28H,8-10,23H2,1-3H3,(H2,24,29)(H,25,30)(H,26,32)(H,27,31)(H,33,34). The number of phenolic OH excluding ortho intramolecular Hbond substituents is 1. The van der Waals surface area contributed by atoms with Crippen LogP contribution in [0, 0.1) is 5.92 Å². The zero-order valence-electron chi connectivity index (χ0n) is 19.4. The van der Waals surface area contributed by atoms with Crippen molar-refractivity contribution in [2.24, 2.45) is 17.4 Å². The number of carboxylic acid groups (broad SMARTS) is 1. The molecule has 188 valence electrons. The molecule has 0 spiro atoms. The number of hydrogen-bond donors (Lipinski definition) is 7. The van der Waals surface area contributed by atoms with Gasteiger partial charge in [-0.1, -0.05) is 26.0 Å². The summed E-state index contributed by atoms with van der Waals surface area (Å²) in [4.78, 5) is 60.8.